The molecule has 6 heteroatoms. The number of thiophene rings is 1. The van der Waals surface area contributed by atoms with Crippen molar-refractivity contribution in [1.29, 1.82) is 0 Å². The molecule has 0 aliphatic heterocycles. The number of hydrogen-bond acceptors (Lipinski definition) is 3. The lowest BCUT2D eigenvalue weighted by atomic mass is 10.1. The van der Waals surface area contributed by atoms with E-state index >= 15 is 0 Å². The van der Waals surface area contributed by atoms with Crippen LogP contribution in [0.1, 0.15) is 15.2 Å². The fraction of sp³-hybridized carbons (Fsp3) is 0.0588. The molecule has 3 aromatic rings. The zero-order valence-corrected chi connectivity index (χ0v) is 14.5. The Kier molecular flexibility index (Phi) is 4.66. The highest BCUT2D eigenvalue weighted by Gasteiger charge is 2.13. The Labute approximate surface area is 147 Å². The highest BCUT2D eigenvalue weighted by atomic mass is 35.5. The van der Waals surface area contributed by atoms with Gasteiger partial charge in [0.2, 0.25) is 0 Å². The van der Waals surface area contributed by atoms with E-state index in [1.807, 2.05) is 24.4 Å². The van der Waals surface area contributed by atoms with Gasteiger partial charge in [-0.25, -0.2) is 0 Å². The molecule has 0 unspecified atom stereocenters. The van der Waals surface area contributed by atoms with E-state index in [4.69, 9.17) is 23.2 Å². The number of halogens is 2. The molecule has 0 saturated carbocycles. The monoisotopic (exact) mass is 362 g/mol. The van der Waals surface area contributed by atoms with Crippen molar-refractivity contribution in [3.8, 4) is 11.1 Å². The summed E-state index contributed by atoms with van der Waals surface area (Å²) in [4.78, 5) is 17.5. The van der Waals surface area contributed by atoms with Crippen LogP contribution >= 0.6 is 34.5 Å². The summed E-state index contributed by atoms with van der Waals surface area (Å²) in [6, 6.07) is 8.90. The highest BCUT2D eigenvalue weighted by Crippen LogP contribution is 2.32. The van der Waals surface area contributed by atoms with E-state index in [0.717, 1.165) is 16.0 Å². The fourth-order valence-electron chi connectivity index (χ4n) is 2.21. The summed E-state index contributed by atoms with van der Waals surface area (Å²) in [5.74, 6) is -0.142. The summed E-state index contributed by atoms with van der Waals surface area (Å²) in [6.07, 6.45) is 3.33. The first-order valence-corrected chi connectivity index (χ1v) is 8.44. The lowest BCUT2D eigenvalue weighted by molar-refractivity contribution is 0.102. The predicted octanol–water partition coefficient (Wildman–Crippen LogP) is 5.68. The molecule has 2 aromatic heterocycles. The molecular formula is C17H12Cl2N2OS. The van der Waals surface area contributed by atoms with Crippen molar-refractivity contribution >= 4 is 46.1 Å². The molecule has 1 aromatic carbocycles. The molecule has 0 saturated heterocycles. The standard InChI is InChI=1S/C17H12Cl2N2OS/c1-10-12(5-7-23-10)17(22)21-16-4-6-20-9-13(16)11-2-3-14(18)15(19)8-11/h2-9H,1H3,(H,20,21,22). The second kappa shape index (κ2) is 6.71. The summed E-state index contributed by atoms with van der Waals surface area (Å²) in [5, 5.41) is 5.78. The molecule has 116 valence electrons. The number of rotatable bonds is 3. The van der Waals surface area contributed by atoms with Crippen molar-refractivity contribution in [3.63, 3.8) is 0 Å². The van der Waals surface area contributed by atoms with E-state index in [2.05, 4.69) is 10.3 Å². The summed E-state index contributed by atoms with van der Waals surface area (Å²) >= 11 is 13.6. The zero-order chi connectivity index (χ0) is 16.4. The van der Waals surface area contributed by atoms with Crippen molar-refractivity contribution < 1.29 is 4.79 Å². The van der Waals surface area contributed by atoms with Crippen LogP contribution in [0.15, 0.2) is 48.1 Å². The van der Waals surface area contributed by atoms with Gasteiger partial charge in [-0.2, -0.15) is 0 Å². The average Bonchev–Trinajstić information content (AvgIpc) is 2.97. The molecule has 1 N–H and O–H groups in total. The van der Waals surface area contributed by atoms with Gasteiger partial charge in [0, 0.05) is 22.8 Å². The number of nitrogens with one attached hydrogen (secondary N) is 1. The van der Waals surface area contributed by atoms with Crippen LogP contribution in [0.2, 0.25) is 10.0 Å². The minimum Gasteiger partial charge on any atom is -0.321 e. The quantitative estimate of drug-likeness (QED) is 0.651. The number of hydrogen-bond donors (Lipinski definition) is 1. The van der Waals surface area contributed by atoms with E-state index < -0.39 is 0 Å². The maximum Gasteiger partial charge on any atom is 0.256 e. The number of carbonyl (C=O) groups excluding carboxylic acids is 1. The van der Waals surface area contributed by atoms with E-state index in [-0.39, 0.29) is 5.91 Å². The van der Waals surface area contributed by atoms with Crippen LogP contribution in [0.3, 0.4) is 0 Å². The number of benzene rings is 1. The predicted molar refractivity (Wildman–Crippen MR) is 96.7 cm³/mol. The third-order valence-electron chi connectivity index (χ3n) is 3.40. The molecule has 3 rings (SSSR count). The zero-order valence-electron chi connectivity index (χ0n) is 12.1. The molecule has 0 aliphatic rings. The van der Waals surface area contributed by atoms with Crippen molar-refractivity contribution in [1.82, 2.24) is 4.98 Å². The minimum absolute atomic E-state index is 0.142. The van der Waals surface area contributed by atoms with Gasteiger partial charge in [0.25, 0.3) is 5.91 Å². The second-order valence-electron chi connectivity index (χ2n) is 4.89. The molecule has 0 aliphatic carbocycles. The number of nitrogens with zero attached hydrogens (tertiary/aromatic N) is 1. The summed E-state index contributed by atoms with van der Waals surface area (Å²) in [7, 11) is 0. The Bertz CT molecular complexity index is 877. The third-order valence-corrected chi connectivity index (χ3v) is 4.99. The Morgan fingerprint density at radius 3 is 2.70 bits per heavy atom. The molecule has 0 bridgehead atoms. The lowest BCUT2D eigenvalue weighted by Crippen LogP contribution is -2.12. The topological polar surface area (TPSA) is 42.0 Å². The first-order valence-electron chi connectivity index (χ1n) is 6.81. The number of amides is 1. The second-order valence-corrected chi connectivity index (χ2v) is 6.83. The molecule has 3 nitrogen and oxygen atoms in total. The Balaban J connectivity index is 1.96. The number of aryl methyl sites for hydroxylation is 1. The van der Waals surface area contributed by atoms with Gasteiger partial charge in [-0.15, -0.1) is 11.3 Å². The van der Waals surface area contributed by atoms with Crippen LogP contribution in [0.4, 0.5) is 5.69 Å². The van der Waals surface area contributed by atoms with Crippen LogP contribution in [0.5, 0.6) is 0 Å². The average molecular weight is 363 g/mol. The maximum atomic E-state index is 12.4. The van der Waals surface area contributed by atoms with E-state index in [1.165, 1.54) is 0 Å². The molecule has 0 atom stereocenters. The van der Waals surface area contributed by atoms with Crippen LogP contribution in [0.25, 0.3) is 11.1 Å². The first kappa shape index (κ1) is 16.0. The Hall–Kier alpha value is -1.88. The molecule has 0 radical (unpaired) electrons. The Morgan fingerprint density at radius 1 is 1.17 bits per heavy atom. The SMILES string of the molecule is Cc1sccc1C(=O)Nc1ccncc1-c1ccc(Cl)c(Cl)c1. The summed E-state index contributed by atoms with van der Waals surface area (Å²) < 4.78 is 0. The number of anilines is 1. The van der Waals surface area contributed by atoms with Gasteiger partial charge in [0.15, 0.2) is 0 Å². The summed E-state index contributed by atoms with van der Waals surface area (Å²) in [5.41, 5.74) is 2.97. The minimum atomic E-state index is -0.142. The van der Waals surface area contributed by atoms with E-state index in [0.29, 0.717) is 21.3 Å². The maximum absolute atomic E-state index is 12.4. The molecule has 23 heavy (non-hydrogen) atoms. The van der Waals surface area contributed by atoms with Crippen LogP contribution in [0, 0.1) is 6.92 Å². The van der Waals surface area contributed by atoms with Gasteiger partial charge >= 0.3 is 0 Å². The summed E-state index contributed by atoms with van der Waals surface area (Å²) in [6.45, 7) is 1.92. The molecule has 2 heterocycles. The molecule has 1 amide bonds. The van der Waals surface area contributed by atoms with Crippen LogP contribution in [-0.4, -0.2) is 10.9 Å². The highest BCUT2D eigenvalue weighted by molar-refractivity contribution is 7.10. The van der Waals surface area contributed by atoms with E-state index in [1.54, 1.807) is 41.9 Å². The molecule has 0 fully saturated rings. The van der Waals surface area contributed by atoms with Crippen molar-refractivity contribution in [3.05, 3.63) is 68.6 Å². The Morgan fingerprint density at radius 2 is 2.00 bits per heavy atom. The van der Waals surface area contributed by atoms with Crippen molar-refractivity contribution in [2.75, 3.05) is 5.32 Å². The van der Waals surface area contributed by atoms with Gasteiger partial charge in [-0.05, 0) is 42.1 Å². The molecular weight excluding hydrogens is 351 g/mol. The molecule has 0 spiro atoms. The number of aromatic nitrogens is 1. The van der Waals surface area contributed by atoms with Crippen LogP contribution < -0.4 is 5.32 Å². The van der Waals surface area contributed by atoms with Gasteiger partial charge in [0.05, 0.1) is 21.3 Å². The third kappa shape index (κ3) is 3.39. The van der Waals surface area contributed by atoms with Gasteiger partial charge in [-0.1, -0.05) is 29.3 Å². The first-order chi connectivity index (χ1) is 11.1. The van der Waals surface area contributed by atoms with E-state index in [9.17, 15) is 4.79 Å². The fourth-order valence-corrected chi connectivity index (χ4v) is 3.20. The van der Waals surface area contributed by atoms with Crippen molar-refractivity contribution in [2.24, 2.45) is 0 Å². The van der Waals surface area contributed by atoms with Gasteiger partial charge in [-0.3, -0.25) is 9.78 Å². The smallest absolute Gasteiger partial charge is 0.256 e. The van der Waals surface area contributed by atoms with Crippen LogP contribution in [-0.2, 0) is 0 Å². The number of carbonyl (C=O) groups is 1. The van der Waals surface area contributed by atoms with Crippen molar-refractivity contribution in [2.45, 2.75) is 6.92 Å². The van der Waals surface area contributed by atoms with Gasteiger partial charge < -0.3 is 5.32 Å². The number of pyridine rings is 1. The normalized spacial score (nSPS) is 10.6. The lowest BCUT2D eigenvalue weighted by Gasteiger charge is -2.11. The van der Waals surface area contributed by atoms with Gasteiger partial charge in [0.1, 0.15) is 0 Å². The largest absolute Gasteiger partial charge is 0.321 e.